The molecule has 1 amide bonds. The summed E-state index contributed by atoms with van der Waals surface area (Å²) in [7, 11) is 0. The molecule has 0 spiro atoms. The number of thiocarbonyl (C=S) groups is 1. The van der Waals surface area contributed by atoms with Gasteiger partial charge in [0.2, 0.25) is 0 Å². The van der Waals surface area contributed by atoms with E-state index >= 15 is 0 Å². The second-order valence-electron chi connectivity index (χ2n) is 6.26. The van der Waals surface area contributed by atoms with E-state index in [1.807, 2.05) is 18.2 Å². The largest absolute Gasteiger partial charge is 0.332 e. The zero-order chi connectivity index (χ0) is 20.2. The summed E-state index contributed by atoms with van der Waals surface area (Å²) in [5.74, 6) is -1.07. The molecule has 1 heterocycles. The maximum absolute atomic E-state index is 13.7. The summed E-state index contributed by atoms with van der Waals surface area (Å²) in [4.78, 5) is 12.2. The molecule has 144 valence electrons. The maximum Gasteiger partial charge on any atom is 0.258 e. The molecule has 0 radical (unpaired) electrons. The van der Waals surface area contributed by atoms with Crippen LogP contribution in [0.25, 0.3) is 10.9 Å². The van der Waals surface area contributed by atoms with Gasteiger partial charge in [-0.1, -0.05) is 12.1 Å². The van der Waals surface area contributed by atoms with Crippen LogP contribution < -0.4 is 16.0 Å². The minimum absolute atomic E-state index is 0.00493. The van der Waals surface area contributed by atoms with Gasteiger partial charge in [0.25, 0.3) is 5.91 Å². The lowest BCUT2D eigenvalue weighted by Crippen LogP contribution is -2.19. The van der Waals surface area contributed by atoms with E-state index in [1.54, 1.807) is 36.5 Å². The highest BCUT2D eigenvalue weighted by atomic mass is 32.1. The van der Waals surface area contributed by atoms with Crippen molar-refractivity contribution >= 4 is 51.2 Å². The van der Waals surface area contributed by atoms with E-state index in [1.165, 1.54) is 18.2 Å². The van der Waals surface area contributed by atoms with Crippen molar-refractivity contribution < 1.29 is 9.18 Å². The number of hydrogen-bond acceptors (Lipinski definition) is 3. The fourth-order valence-electron chi connectivity index (χ4n) is 2.79. The molecule has 1 aromatic heterocycles. The van der Waals surface area contributed by atoms with Crippen molar-refractivity contribution in [3.63, 3.8) is 0 Å². The van der Waals surface area contributed by atoms with Crippen LogP contribution in [0.1, 0.15) is 10.4 Å². The third kappa shape index (κ3) is 4.39. The van der Waals surface area contributed by atoms with Crippen LogP contribution in [0.3, 0.4) is 0 Å². The number of fused-ring (bicyclic) bond motifs is 1. The Morgan fingerprint density at radius 3 is 2.31 bits per heavy atom. The van der Waals surface area contributed by atoms with E-state index in [2.05, 4.69) is 26.1 Å². The first-order valence-corrected chi connectivity index (χ1v) is 9.16. The maximum atomic E-state index is 13.7. The lowest BCUT2D eigenvalue weighted by Gasteiger charge is -2.12. The number of anilines is 3. The Labute approximate surface area is 171 Å². The van der Waals surface area contributed by atoms with Gasteiger partial charge in [-0.25, -0.2) is 4.39 Å². The van der Waals surface area contributed by atoms with Crippen molar-refractivity contribution in [1.82, 2.24) is 10.2 Å². The average Bonchev–Trinajstić information content (AvgIpc) is 3.17. The molecule has 0 bridgehead atoms. The summed E-state index contributed by atoms with van der Waals surface area (Å²) in [6.45, 7) is 0. The van der Waals surface area contributed by atoms with Crippen LogP contribution >= 0.6 is 12.2 Å². The topological polar surface area (TPSA) is 81.8 Å². The Bertz CT molecular complexity index is 1190. The highest BCUT2D eigenvalue weighted by molar-refractivity contribution is 7.80. The summed E-state index contributed by atoms with van der Waals surface area (Å²) in [5, 5.41) is 17.2. The molecule has 0 saturated heterocycles. The molecule has 4 aromatic rings. The van der Waals surface area contributed by atoms with E-state index in [0.717, 1.165) is 22.3 Å². The molecule has 6 nitrogen and oxygen atoms in total. The Kier molecular flexibility index (Phi) is 5.17. The highest BCUT2D eigenvalue weighted by Gasteiger charge is 2.11. The molecular formula is C21H16FN5OS. The van der Waals surface area contributed by atoms with Crippen LogP contribution in [-0.2, 0) is 0 Å². The van der Waals surface area contributed by atoms with Crippen molar-refractivity contribution in [2.75, 3.05) is 16.0 Å². The molecule has 3 aromatic carbocycles. The molecule has 0 aliphatic heterocycles. The van der Waals surface area contributed by atoms with Gasteiger partial charge >= 0.3 is 0 Å². The minimum Gasteiger partial charge on any atom is -0.332 e. The predicted octanol–water partition coefficient (Wildman–Crippen LogP) is 4.76. The lowest BCUT2D eigenvalue weighted by molar-refractivity contribution is 0.102. The van der Waals surface area contributed by atoms with Gasteiger partial charge in [0.15, 0.2) is 5.11 Å². The zero-order valence-electron chi connectivity index (χ0n) is 15.1. The Morgan fingerprint density at radius 1 is 0.897 bits per heavy atom. The number of halogens is 1. The van der Waals surface area contributed by atoms with Gasteiger partial charge in [0.1, 0.15) is 5.82 Å². The molecule has 0 fully saturated rings. The molecule has 0 atom stereocenters. The highest BCUT2D eigenvalue weighted by Crippen LogP contribution is 2.18. The van der Waals surface area contributed by atoms with E-state index in [0.29, 0.717) is 10.8 Å². The van der Waals surface area contributed by atoms with Gasteiger partial charge in [-0.2, -0.15) is 5.10 Å². The van der Waals surface area contributed by atoms with E-state index < -0.39 is 11.7 Å². The minimum atomic E-state index is -0.562. The molecule has 0 aliphatic rings. The van der Waals surface area contributed by atoms with Crippen LogP contribution in [0, 0.1) is 5.82 Å². The van der Waals surface area contributed by atoms with Crippen LogP contribution in [-0.4, -0.2) is 21.2 Å². The van der Waals surface area contributed by atoms with Crippen molar-refractivity contribution in [3.8, 4) is 0 Å². The summed E-state index contributed by atoms with van der Waals surface area (Å²) in [5.41, 5.74) is 3.08. The number of carbonyl (C=O) groups is 1. The first-order chi connectivity index (χ1) is 14.1. The van der Waals surface area contributed by atoms with Crippen LogP contribution in [0.15, 0.2) is 72.9 Å². The Morgan fingerprint density at radius 2 is 1.55 bits per heavy atom. The number of benzene rings is 3. The van der Waals surface area contributed by atoms with Crippen molar-refractivity contribution in [1.29, 1.82) is 0 Å². The zero-order valence-corrected chi connectivity index (χ0v) is 15.9. The van der Waals surface area contributed by atoms with Crippen molar-refractivity contribution in [2.45, 2.75) is 0 Å². The summed E-state index contributed by atoms with van der Waals surface area (Å²) >= 11 is 5.34. The number of aromatic amines is 1. The van der Waals surface area contributed by atoms with Gasteiger partial charge < -0.3 is 16.0 Å². The third-order valence-electron chi connectivity index (χ3n) is 4.22. The number of rotatable bonds is 4. The van der Waals surface area contributed by atoms with Crippen molar-refractivity contribution in [3.05, 3.63) is 84.3 Å². The monoisotopic (exact) mass is 405 g/mol. The van der Waals surface area contributed by atoms with Crippen molar-refractivity contribution in [2.24, 2.45) is 0 Å². The number of aromatic nitrogens is 2. The smallest absolute Gasteiger partial charge is 0.258 e. The third-order valence-corrected chi connectivity index (χ3v) is 4.42. The van der Waals surface area contributed by atoms with Gasteiger partial charge in [0.05, 0.1) is 17.3 Å². The van der Waals surface area contributed by atoms with E-state index in [9.17, 15) is 9.18 Å². The SMILES string of the molecule is O=C(Nc1ccc(NC(=S)Nc2ccc3[nH]ncc3c2)cc1)c1ccccc1F. The predicted molar refractivity (Wildman–Crippen MR) is 117 cm³/mol. The Hall–Kier alpha value is -3.78. The summed E-state index contributed by atoms with van der Waals surface area (Å²) < 4.78 is 13.7. The summed E-state index contributed by atoms with van der Waals surface area (Å²) in [6.07, 6.45) is 1.74. The number of amides is 1. The first-order valence-electron chi connectivity index (χ1n) is 8.75. The molecule has 8 heteroatoms. The fourth-order valence-corrected chi connectivity index (χ4v) is 3.03. The molecule has 4 rings (SSSR count). The van der Waals surface area contributed by atoms with Crippen LogP contribution in [0.2, 0.25) is 0 Å². The number of carbonyl (C=O) groups excluding carboxylic acids is 1. The summed E-state index contributed by atoms with van der Waals surface area (Å²) in [6, 6.07) is 18.5. The van der Waals surface area contributed by atoms with Gasteiger partial charge in [-0.05, 0) is 66.8 Å². The van der Waals surface area contributed by atoms with Crippen LogP contribution in [0.5, 0.6) is 0 Å². The quantitative estimate of drug-likeness (QED) is 0.368. The average molecular weight is 405 g/mol. The molecule has 0 unspecified atom stereocenters. The molecule has 0 saturated carbocycles. The second-order valence-corrected chi connectivity index (χ2v) is 6.67. The number of hydrogen-bond donors (Lipinski definition) is 4. The van der Waals surface area contributed by atoms with Crippen LogP contribution in [0.4, 0.5) is 21.5 Å². The van der Waals surface area contributed by atoms with E-state index in [-0.39, 0.29) is 5.56 Å². The molecular weight excluding hydrogens is 389 g/mol. The number of H-pyrrole nitrogens is 1. The number of nitrogens with one attached hydrogen (secondary N) is 4. The lowest BCUT2D eigenvalue weighted by atomic mass is 10.2. The fraction of sp³-hybridized carbons (Fsp3) is 0. The first kappa shape index (κ1) is 18.6. The Balaban J connectivity index is 1.36. The molecule has 4 N–H and O–H groups in total. The van der Waals surface area contributed by atoms with Gasteiger partial charge in [-0.15, -0.1) is 0 Å². The van der Waals surface area contributed by atoms with Gasteiger partial charge in [-0.3, -0.25) is 9.89 Å². The normalized spacial score (nSPS) is 10.5. The second kappa shape index (κ2) is 8.07. The standard InChI is InChI=1S/C21H16FN5OS/c22-18-4-2-1-3-17(18)20(28)24-14-5-7-15(8-6-14)25-21(29)26-16-9-10-19-13(11-16)12-23-27-19/h1-12H,(H,23,27)(H,24,28)(H2,25,26,29). The molecule has 29 heavy (non-hydrogen) atoms. The number of nitrogens with zero attached hydrogens (tertiary/aromatic N) is 1. The van der Waals surface area contributed by atoms with Gasteiger partial charge in [0, 0.05) is 22.4 Å². The van der Waals surface area contributed by atoms with E-state index in [4.69, 9.17) is 12.2 Å². The molecule has 0 aliphatic carbocycles.